The zero-order valence-electron chi connectivity index (χ0n) is 14.9. The average molecular weight is 410 g/mol. The largest absolute Gasteiger partial charge is 0.506 e. The fourth-order valence-electron chi connectivity index (χ4n) is 3.41. The molecule has 0 radical (unpaired) electrons. The number of hydrogen-bond donors (Lipinski definition) is 2. The molecule has 2 N–H and O–H groups in total. The normalized spacial score (nSPS) is 19.8. The quantitative estimate of drug-likeness (QED) is 0.795. The summed E-state index contributed by atoms with van der Waals surface area (Å²) >= 11 is 0. The lowest BCUT2D eigenvalue weighted by molar-refractivity contribution is -0.117. The average Bonchev–Trinajstić information content (AvgIpc) is 2.93. The maximum atomic E-state index is 15.1. The van der Waals surface area contributed by atoms with Crippen molar-refractivity contribution in [3.8, 4) is 11.5 Å². The maximum Gasteiger partial charge on any atom is 0.326 e. The van der Waals surface area contributed by atoms with Crippen LogP contribution in [0.3, 0.4) is 0 Å². The molecule has 2 aromatic rings. The Morgan fingerprint density at radius 3 is 2.71 bits per heavy atom. The van der Waals surface area contributed by atoms with Crippen LogP contribution in [0.1, 0.15) is 12.8 Å². The molecule has 2 fully saturated rings. The Morgan fingerprint density at radius 1 is 1.29 bits per heavy atom. The molecule has 28 heavy (non-hydrogen) atoms. The number of fused-ring (bicyclic) bond motifs is 1. The number of rotatable bonds is 4. The summed E-state index contributed by atoms with van der Waals surface area (Å²) in [7, 11) is -4.25. The van der Waals surface area contributed by atoms with E-state index in [0.717, 1.165) is 12.8 Å². The molecule has 0 saturated carbocycles. The van der Waals surface area contributed by atoms with Gasteiger partial charge in [-0.2, -0.15) is 8.42 Å². The summed E-state index contributed by atoms with van der Waals surface area (Å²) < 4.78 is 52.6. The monoisotopic (exact) mass is 410 g/mol. The molecule has 0 aliphatic carbocycles. The second-order valence-corrected chi connectivity index (χ2v) is 8.44. The molecule has 2 aliphatic rings. The van der Waals surface area contributed by atoms with Crippen LogP contribution in [0.2, 0.25) is 0 Å². The van der Waals surface area contributed by atoms with E-state index in [9.17, 15) is 18.3 Å². The van der Waals surface area contributed by atoms with E-state index >= 15 is 4.39 Å². The number of phenolic OH excluding ortho intramolecular Hbond substituents is 1. The highest BCUT2D eigenvalue weighted by atomic mass is 32.2. The van der Waals surface area contributed by atoms with Crippen LogP contribution in [-0.4, -0.2) is 45.8 Å². The number of hydrogen-bond acceptors (Lipinski definition) is 6. The third-order valence-electron chi connectivity index (χ3n) is 4.90. The van der Waals surface area contributed by atoms with Crippen molar-refractivity contribution in [3.63, 3.8) is 0 Å². The molecule has 2 saturated heterocycles. The zero-order valence-corrected chi connectivity index (χ0v) is 15.7. The third-order valence-corrected chi connectivity index (χ3v) is 6.28. The molecule has 4 rings (SSSR count). The van der Waals surface area contributed by atoms with Crippen molar-refractivity contribution in [1.82, 2.24) is 4.72 Å². The molecule has 0 aromatic heterocycles. The van der Waals surface area contributed by atoms with Crippen molar-refractivity contribution in [2.75, 3.05) is 30.7 Å². The van der Waals surface area contributed by atoms with Gasteiger partial charge in [-0.05, 0) is 42.3 Å². The van der Waals surface area contributed by atoms with Crippen LogP contribution in [0, 0.1) is 11.7 Å². The molecule has 8 nitrogen and oxygen atoms in total. The Kier molecular flexibility index (Phi) is 4.76. The number of phenols is 1. The lowest BCUT2D eigenvalue weighted by atomic mass is 10.0. The second kappa shape index (κ2) is 7.10. The van der Waals surface area contributed by atoms with Crippen molar-refractivity contribution in [2.24, 2.45) is 5.92 Å². The Morgan fingerprint density at radius 2 is 2.04 bits per heavy atom. The summed E-state index contributed by atoms with van der Waals surface area (Å²) in [6.07, 6.45) is 1.79. The number of nitrogens with zero attached hydrogens (tertiary/aromatic N) is 1. The van der Waals surface area contributed by atoms with Gasteiger partial charge >= 0.3 is 10.2 Å². The van der Waals surface area contributed by atoms with E-state index < -0.39 is 39.9 Å². The van der Waals surface area contributed by atoms with Gasteiger partial charge in [-0.3, -0.25) is 4.79 Å². The molecule has 0 spiro atoms. The number of carbonyl (C=O) groups is 1. The number of anilines is 1. The Balaban J connectivity index is 1.67. The number of benzene rings is 2. The minimum absolute atomic E-state index is 0.0897. The molecule has 10 heteroatoms. The lowest BCUT2D eigenvalue weighted by Gasteiger charge is -2.22. The SMILES string of the molecule is O=C1CN(c2c(O)cc3ccc(OCC4CCOCC4)cc3c2F)S(=O)(=O)N1. The predicted octanol–water partition coefficient (Wildman–Crippen LogP) is 1.67. The standard InChI is InChI=1S/C18H19FN2O6S/c19-17-14-8-13(27-10-11-3-5-26-6-4-11)2-1-12(14)7-15(22)18(17)21-9-16(23)20-28(21,24)25/h1-2,7-8,11,22H,3-6,9-10H2,(H,20,23). The van der Waals surface area contributed by atoms with Gasteiger partial charge < -0.3 is 14.6 Å². The molecular weight excluding hydrogens is 391 g/mol. The van der Waals surface area contributed by atoms with Gasteiger partial charge in [0.15, 0.2) is 5.82 Å². The number of amides is 1. The van der Waals surface area contributed by atoms with Gasteiger partial charge in [-0.15, -0.1) is 0 Å². The van der Waals surface area contributed by atoms with Gasteiger partial charge in [0.1, 0.15) is 23.7 Å². The van der Waals surface area contributed by atoms with E-state index in [1.54, 1.807) is 16.9 Å². The second-order valence-electron chi connectivity index (χ2n) is 6.84. The predicted molar refractivity (Wildman–Crippen MR) is 99.0 cm³/mol. The number of carbonyl (C=O) groups excluding carboxylic acids is 1. The van der Waals surface area contributed by atoms with Crippen LogP contribution in [0.5, 0.6) is 11.5 Å². The van der Waals surface area contributed by atoms with Crippen LogP contribution >= 0.6 is 0 Å². The molecule has 2 aromatic carbocycles. The smallest absolute Gasteiger partial charge is 0.326 e. The summed E-state index contributed by atoms with van der Waals surface area (Å²) in [6.45, 7) is 1.26. The van der Waals surface area contributed by atoms with Gasteiger partial charge in [0.25, 0.3) is 5.91 Å². The first-order chi connectivity index (χ1) is 13.3. The first-order valence-electron chi connectivity index (χ1n) is 8.84. The number of nitrogens with one attached hydrogen (secondary N) is 1. The third kappa shape index (κ3) is 3.45. The molecular formula is C18H19FN2O6S. The van der Waals surface area contributed by atoms with Crippen LogP contribution in [-0.2, 0) is 19.7 Å². The highest BCUT2D eigenvalue weighted by molar-refractivity contribution is 7.92. The van der Waals surface area contributed by atoms with E-state index in [1.165, 1.54) is 12.1 Å². The number of ether oxygens (including phenoxy) is 2. The summed E-state index contributed by atoms with van der Waals surface area (Å²) in [5, 5.41) is 10.7. The summed E-state index contributed by atoms with van der Waals surface area (Å²) in [5.74, 6) is -1.51. The first-order valence-corrected chi connectivity index (χ1v) is 10.3. The fourth-order valence-corrected chi connectivity index (χ4v) is 4.57. The summed E-state index contributed by atoms with van der Waals surface area (Å²) in [5.41, 5.74) is -0.563. The van der Waals surface area contributed by atoms with Gasteiger partial charge in [-0.25, -0.2) is 13.4 Å². The van der Waals surface area contributed by atoms with E-state index in [1.807, 2.05) is 0 Å². The Bertz CT molecular complexity index is 1040. The van der Waals surface area contributed by atoms with E-state index in [0.29, 0.717) is 41.2 Å². The van der Waals surface area contributed by atoms with Gasteiger partial charge in [-0.1, -0.05) is 6.07 Å². The Hall–Kier alpha value is -2.59. The summed E-state index contributed by atoms with van der Waals surface area (Å²) in [6, 6.07) is 5.97. The van der Waals surface area contributed by atoms with Crippen LogP contribution in [0.15, 0.2) is 24.3 Å². The minimum Gasteiger partial charge on any atom is -0.506 e. The molecule has 0 bridgehead atoms. The number of aromatic hydroxyl groups is 1. The highest BCUT2D eigenvalue weighted by Crippen LogP contribution is 2.39. The molecule has 0 atom stereocenters. The molecule has 150 valence electrons. The fraction of sp³-hybridized carbons (Fsp3) is 0.389. The molecule has 1 amide bonds. The van der Waals surface area contributed by atoms with Crippen molar-refractivity contribution >= 4 is 32.6 Å². The first kappa shape index (κ1) is 18.8. The van der Waals surface area contributed by atoms with E-state index in [-0.39, 0.29) is 5.39 Å². The molecule has 2 aliphatic heterocycles. The maximum absolute atomic E-state index is 15.1. The Labute approximate surface area is 161 Å². The lowest BCUT2D eigenvalue weighted by Crippen LogP contribution is -2.30. The van der Waals surface area contributed by atoms with Crippen LogP contribution in [0.4, 0.5) is 10.1 Å². The summed E-state index contributed by atoms with van der Waals surface area (Å²) in [4.78, 5) is 11.5. The van der Waals surface area contributed by atoms with E-state index in [4.69, 9.17) is 9.47 Å². The molecule has 2 heterocycles. The van der Waals surface area contributed by atoms with Crippen LogP contribution < -0.4 is 13.8 Å². The minimum atomic E-state index is -4.25. The van der Waals surface area contributed by atoms with Gasteiger partial charge in [0, 0.05) is 18.6 Å². The van der Waals surface area contributed by atoms with Gasteiger partial charge in [0.05, 0.1) is 6.61 Å². The van der Waals surface area contributed by atoms with Gasteiger partial charge in [0.2, 0.25) is 0 Å². The molecule has 0 unspecified atom stereocenters. The van der Waals surface area contributed by atoms with Crippen LogP contribution in [0.25, 0.3) is 10.8 Å². The van der Waals surface area contributed by atoms with Crippen molar-refractivity contribution < 1.29 is 32.2 Å². The zero-order chi connectivity index (χ0) is 19.9. The van der Waals surface area contributed by atoms with Crippen molar-refractivity contribution in [3.05, 3.63) is 30.1 Å². The van der Waals surface area contributed by atoms with Crippen molar-refractivity contribution in [1.29, 1.82) is 0 Å². The number of halogens is 1. The topological polar surface area (TPSA) is 105 Å². The highest BCUT2D eigenvalue weighted by Gasteiger charge is 2.37. The van der Waals surface area contributed by atoms with E-state index in [2.05, 4.69) is 0 Å². The van der Waals surface area contributed by atoms with Crippen molar-refractivity contribution in [2.45, 2.75) is 12.8 Å².